The van der Waals surface area contributed by atoms with Crippen LogP contribution in [-0.2, 0) is 9.84 Å². The summed E-state index contributed by atoms with van der Waals surface area (Å²) in [6, 6.07) is 0. The number of hydrogen-bond donors (Lipinski definition) is 1. The van der Waals surface area contributed by atoms with Gasteiger partial charge in [0.05, 0.1) is 21.2 Å². The maximum absolute atomic E-state index is 12.4. The molecule has 0 amide bonds. The van der Waals surface area contributed by atoms with Crippen molar-refractivity contribution < 1.29 is 8.42 Å². The molecular weight excluding hydrogens is 246 g/mol. The van der Waals surface area contributed by atoms with Crippen molar-refractivity contribution >= 4 is 9.84 Å². The van der Waals surface area contributed by atoms with Gasteiger partial charge in [0.2, 0.25) is 9.84 Å². The molecule has 1 N–H and O–H groups in total. The maximum Gasteiger partial charge on any atom is 0.210 e. The Kier molecular flexibility index (Phi) is 4.50. The third-order valence-electron chi connectivity index (χ3n) is 2.48. The van der Waals surface area contributed by atoms with Crippen LogP contribution >= 0.6 is 0 Å². The number of sulfone groups is 1. The molecule has 0 atom stereocenters. The van der Waals surface area contributed by atoms with Crippen molar-refractivity contribution in [2.24, 2.45) is 0 Å². The first kappa shape index (κ1) is 14.3. The van der Waals surface area contributed by atoms with Crippen molar-refractivity contribution in [1.82, 2.24) is 5.32 Å². The lowest BCUT2D eigenvalue weighted by atomic mass is 10.2. The second-order valence-corrected chi connectivity index (χ2v) is 5.45. The van der Waals surface area contributed by atoms with E-state index >= 15 is 0 Å². The van der Waals surface area contributed by atoms with Gasteiger partial charge in [0, 0.05) is 0 Å². The minimum Gasteiger partial charge on any atom is -0.354 e. The predicted molar refractivity (Wildman–Crippen MR) is 76.1 cm³/mol. The average Bonchev–Trinajstić information content (AvgIpc) is 2.32. The van der Waals surface area contributed by atoms with Crippen LogP contribution in [0.15, 0.2) is 70.8 Å². The van der Waals surface area contributed by atoms with Gasteiger partial charge >= 0.3 is 0 Å². The molecule has 0 aliphatic carbocycles. The Hall–Kier alpha value is -1.81. The second-order valence-electron chi connectivity index (χ2n) is 3.57. The van der Waals surface area contributed by atoms with Gasteiger partial charge in [-0.3, -0.25) is 0 Å². The summed E-state index contributed by atoms with van der Waals surface area (Å²) in [4.78, 5) is 0.482. The molecule has 4 heteroatoms. The smallest absolute Gasteiger partial charge is 0.210 e. The molecule has 1 aliphatic rings. The minimum atomic E-state index is -3.51. The van der Waals surface area contributed by atoms with Crippen molar-refractivity contribution in [2.75, 3.05) is 0 Å². The zero-order chi connectivity index (χ0) is 13.8. The van der Waals surface area contributed by atoms with Gasteiger partial charge < -0.3 is 5.32 Å². The van der Waals surface area contributed by atoms with Crippen molar-refractivity contribution in [3.63, 3.8) is 0 Å². The van der Waals surface area contributed by atoms with Crippen molar-refractivity contribution in [3.05, 3.63) is 70.8 Å². The van der Waals surface area contributed by atoms with E-state index in [9.17, 15) is 8.42 Å². The Balaban J connectivity index is 3.58. The van der Waals surface area contributed by atoms with E-state index in [1.165, 1.54) is 12.2 Å². The normalized spacial score (nSPS) is 27.4. The first-order chi connectivity index (χ1) is 8.52. The lowest BCUT2D eigenvalue weighted by Gasteiger charge is -2.25. The number of hydrogen-bond acceptors (Lipinski definition) is 3. The number of rotatable bonds is 2. The maximum atomic E-state index is 12.4. The van der Waals surface area contributed by atoms with Crippen LogP contribution in [-0.4, -0.2) is 8.42 Å². The van der Waals surface area contributed by atoms with E-state index in [0.717, 1.165) is 0 Å². The molecule has 0 aromatic heterocycles. The van der Waals surface area contributed by atoms with Crippen molar-refractivity contribution in [3.8, 4) is 0 Å². The topological polar surface area (TPSA) is 46.2 Å². The lowest BCUT2D eigenvalue weighted by Crippen LogP contribution is -2.29. The fourth-order valence-corrected chi connectivity index (χ4v) is 3.42. The van der Waals surface area contributed by atoms with E-state index in [-0.39, 0.29) is 9.81 Å². The molecule has 0 unspecified atom stereocenters. The molecule has 1 aliphatic heterocycles. The first-order valence-electron chi connectivity index (χ1n) is 5.53. The zero-order valence-corrected chi connectivity index (χ0v) is 11.4. The fourth-order valence-electron chi connectivity index (χ4n) is 1.73. The summed E-state index contributed by atoms with van der Waals surface area (Å²) >= 11 is 0. The molecule has 0 bridgehead atoms. The Bertz CT molecular complexity index is 587. The number of allylic oxidation sites excluding steroid dienone is 6. The highest BCUT2D eigenvalue weighted by atomic mass is 32.2. The summed E-state index contributed by atoms with van der Waals surface area (Å²) in [5.41, 5.74) is 1.08. The summed E-state index contributed by atoms with van der Waals surface area (Å²) in [6.45, 7) is 10.6. The molecule has 1 heterocycles. The van der Waals surface area contributed by atoms with Crippen LogP contribution in [0.2, 0.25) is 0 Å². The first-order valence-corrected chi connectivity index (χ1v) is 7.02. The highest BCUT2D eigenvalue weighted by Gasteiger charge is 2.33. The molecule has 3 nitrogen and oxygen atoms in total. The van der Waals surface area contributed by atoms with E-state index < -0.39 is 9.84 Å². The Labute approximate surface area is 109 Å². The van der Waals surface area contributed by atoms with E-state index in [4.69, 9.17) is 0 Å². The van der Waals surface area contributed by atoms with Crippen LogP contribution in [0.1, 0.15) is 13.8 Å². The number of nitrogens with one attached hydrogen (secondary N) is 1. The zero-order valence-electron chi connectivity index (χ0n) is 10.6. The van der Waals surface area contributed by atoms with Gasteiger partial charge in [-0.1, -0.05) is 37.5 Å². The molecule has 0 aromatic rings. The molecule has 96 valence electrons. The van der Waals surface area contributed by atoms with Crippen LogP contribution in [0.3, 0.4) is 0 Å². The van der Waals surface area contributed by atoms with Gasteiger partial charge in [-0.25, -0.2) is 8.42 Å². The van der Waals surface area contributed by atoms with E-state index in [0.29, 0.717) is 11.4 Å². The molecular formula is C14H17NO2S. The molecule has 0 aromatic carbocycles. The molecule has 1 saturated heterocycles. The van der Waals surface area contributed by atoms with Crippen LogP contribution in [0.4, 0.5) is 0 Å². The van der Waals surface area contributed by atoms with Gasteiger partial charge in [-0.2, -0.15) is 0 Å². The fraction of sp³-hybridized carbons (Fsp3) is 0.143. The monoisotopic (exact) mass is 263 g/mol. The predicted octanol–water partition coefficient (Wildman–Crippen LogP) is 2.95. The van der Waals surface area contributed by atoms with Crippen LogP contribution in [0, 0.1) is 0 Å². The summed E-state index contributed by atoms with van der Waals surface area (Å²) < 4.78 is 24.9. The van der Waals surface area contributed by atoms with Crippen molar-refractivity contribution in [2.45, 2.75) is 13.8 Å². The Morgan fingerprint density at radius 1 is 0.944 bits per heavy atom. The third-order valence-corrected chi connectivity index (χ3v) is 4.45. The quantitative estimate of drug-likeness (QED) is 0.833. The van der Waals surface area contributed by atoms with Crippen molar-refractivity contribution in [1.29, 1.82) is 0 Å². The van der Waals surface area contributed by atoms with Gasteiger partial charge in [0.25, 0.3) is 0 Å². The van der Waals surface area contributed by atoms with Crippen LogP contribution in [0.25, 0.3) is 0 Å². The molecule has 18 heavy (non-hydrogen) atoms. The van der Waals surface area contributed by atoms with E-state index in [1.807, 2.05) is 0 Å². The average molecular weight is 263 g/mol. The van der Waals surface area contributed by atoms with Crippen LogP contribution in [0.5, 0.6) is 0 Å². The summed E-state index contributed by atoms with van der Waals surface area (Å²) in [5, 5.41) is 3.08. The van der Waals surface area contributed by atoms with Crippen LogP contribution < -0.4 is 5.32 Å². The van der Waals surface area contributed by atoms with Gasteiger partial charge in [0.1, 0.15) is 0 Å². The Morgan fingerprint density at radius 3 is 2.00 bits per heavy atom. The molecule has 0 saturated carbocycles. The van der Waals surface area contributed by atoms with Gasteiger partial charge in [-0.15, -0.1) is 0 Å². The standard InChI is InChI=1S/C14H17NO2S/c1-5-9-12-13(8-4)18(16,17)14(10-6-2)11(7-3)15-12/h5-10,15H,1-2H2,3-4H3/b11-7+,12-9+,13-8+,14-10+. The highest BCUT2D eigenvalue weighted by molar-refractivity contribution is 7.99. The molecule has 1 fully saturated rings. The van der Waals surface area contributed by atoms with Gasteiger partial charge in [-0.05, 0) is 26.0 Å². The largest absolute Gasteiger partial charge is 0.354 e. The second kappa shape index (κ2) is 5.69. The van der Waals surface area contributed by atoms with Gasteiger partial charge in [0.15, 0.2) is 0 Å². The Morgan fingerprint density at radius 2 is 1.56 bits per heavy atom. The van der Waals surface area contributed by atoms with E-state index in [1.54, 1.807) is 38.2 Å². The molecule has 0 spiro atoms. The highest BCUT2D eigenvalue weighted by Crippen LogP contribution is 2.33. The summed E-state index contributed by atoms with van der Waals surface area (Å²) in [6.07, 6.45) is 9.44. The molecule has 1 rings (SSSR count). The SMILES string of the molecule is C=C/C=C1/NC(=C/C)/C(=C\C=C)S(=O)(=O)/C1=C/C. The third kappa shape index (κ3) is 2.38. The lowest BCUT2D eigenvalue weighted by molar-refractivity contribution is 0.605. The summed E-state index contributed by atoms with van der Waals surface area (Å²) in [7, 11) is -3.51. The van der Waals surface area contributed by atoms with E-state index in [2.05, 4.69) is 18.5 Å². The summed E-state index contributed by atoms with van der Waals surface area (Å²) in [5.74, 6) is 0. The minimum absolute atomic E-state index is 0.231. The molecule has 0 radical (unpaired) electrons.